The van der Waals surface area contributed by atoms with Gasteiger partial charge in [-0.2, -0.15) is 0 Å². The molecule has 0 aliphatic carbocycles. The van der Waals surface area contributed by atoms with Gasteiger partial charge in [0.2, 0.25) is 0 Å². The fourth-order valence-corrected chi connectivity index (χ4v) is 2.70. The molecule has 4 nitrogen and oxygen atoms in total. The number of piperidine rings is 1. The molecule has 0 aromatic rings. The van der Waals surface area contributed by atoms with Gasteiger partial charge in [-0.25, -0.2) is 0 Å². The van der Waals surface area contributed by atoms with Crippen LogP contribution in [0.3, 0.4) is 0 Å². The zero-order valence-corrected chi connectivity index (χ0v) is 13.7. The van der Waals surface area contributed by atoms with E-state index in [1.807, 2.05) is 0 Å². The topological polar surface area (TPSA) is 39.7 Å². The van der Waals surface area contributed by atoms with Crippen molar-refractivity contribution < 1.29 is 0 Å². The van der Waals surface area contributed by atoms with Crippen LogP contribution in [0.2, 0.25) is 0 Å². The summed E-state index contributed by atoms with van der Waals surface area (Å²) in [4.78, 5) is 7.17. The van der Waals surface area contributed by atoms with Crippen LogP contribution in [0.4, 0.5) is 0 Å². The average Bonchev–Trinajstić information content (AvgIpc) is 2.46. The summed E-state index contributed by atoms with van der Waals surface area (Å²) in [6.45, 7) is 12.1. The lowest BCUT2D eigenvalue weighted by atomic mass is 10.0. The zero-order chi connectivity index (χ0) is 14.6. The highest BCUT2D eigenvalue weighted by atomic mass is 15.2. The summed E-state index contributed by atoms with van der Waals surface area (Å²) in [5.41, 5.74) is 0. The van der Waals surface area contributed by atoms with E-state index in [4.69, 9.17) is 0 Å². The first-order chi connectivity index (χ1) is 9.77. The molecule has 1 heterocycles. The Morgan fingerprint density at radius 1 is 1.20 bits per heavy atom. The lowest BCUT2D eigenvalue weighted by molar-refractivity contribution is 0.158. The van der Waals surface area contributed by atoms with Gasteiger partial charge in [0.1, 0.15) is 0 Å². The van der Waals surface area contributed by atoms with Gasteiger partial charge in [-0.3, -0.25) is 4.99 Å². The van der Waals surface area contributed by atoms with Gasteiger partial charge < -0.3 is 15.5 Å². The third-order valence-corrected chi connectivity index (χ3v) is 3.94. The van der Waals surface area contributed by atoms with E-state index < -0.39 is 0 Å². The minimum atomic E-state index is 0.792. The molecule has 0 aromatic heterocycles. The van der Waals surface area contributed by atoms with E-state index in [2.05, 4.69) is 41.3 Å². The standard InChI is InChI=1S/C16H34N4/c1-4-11-18-16(17-5-2)19-12-7-9-14-20-13-8-6-10-15(20)3/h15H,4-14H2,1-3H3,(H2,17,18,19). The van der Waals surface area contributed by atoms with Gasteiger partial charge >= 0.3 is 0 Å². The summed E-state index contributed by atoms with van der Waals surface area (Å²) in [5, 5.41) is 6.72. The molecule has 1 aliphatic rings. The van der Waals surface area contributed by atoms with Crippen LogP contribution in [0.1, 0.15) is 59.3 Å². The molecular weight excluding hydrogens is 248 g/mol. The van der Waals surface area contributed by atoms with E-state index in [-0.39, 0.29) is 0 Å². The van der Waals surface area contributed by atoms with Crippen LogP contribution in [-0.2, 0) is 0 Å². The Hall–Kier alpha value is -0.770. The van der Waals surface area contributed by atoms with E-state index in [0.717, 1.165) is 38.1 Å². The Bertz CT molecular complexity index is 265. The Morgan fingerprint density at radius 3 is 2.75 bits per heavy atom. The van der Waals surface area contributed by atoms with Crippen LogP contribution < -0.4 is 10.6 Å². The maximum absolute atomic E-state index is 4.52. The van der Waals surface area contributed by atoms with Crippen molar-refractivity contribution in [1.29, 1.82) is 0 Å². The van der Waals surface area contributed by atoms with E-state index in [1.165, 1.54) is 45.2 Å². The first-order valence-corrected chi connectivity index (χ1v) is 8.54. The number of rotatable bonds is 8. The van der Waals surface area contributed by atoms with Crippen molar-refractivity contribution in [1.82, 2.24) is 15.5 Å². The molecular formula is C16H34N4. The van der Waals surface area contributed by atoms with Crippen molar-refractivity contribution in [2.45, 2.75) is 65.3 Å². The lowest BCUT2D eigenvalue weighted by Gasteiger charge is -2.33. The Balaban J connectivity index is 2.10. The minimum Gasteiger partial charge on any atom is -0.357 e. The van der Waals surface area contributed by atoms with Crippen LogP contribution in [0.15, 0.2) is 4.99 Å². The fourth-order valence-electron chi connectivity index (χ4n) is 2.70. The number of nitrogens with zero attached hydrogens (tertiary/aromatic N) is 2. The molecule has 4 heteroatoms. The molecule has 118 valence electrons. The highest BCUT2D eigenvalue weighted by Crippen LogP contribution is 2.16. The maximum atomic E-state index is 4.52. The molecule has 1 atom stereocenters. The van der Waals surface area contributed by atoms with Gasteiger partial charge in [-0.05, 0) is 59.0 Å². The monoisotopic (exact) mass is 282 g/mol. The number of hydrogen-bond acceptors (Lipinski definition) is 2. The average molecular weight is 282 g/mol. The second kappa shape index (κ2) is 11.0. The smallest absolute Gasteiger partial charge is 0.191 e. The predicted octanol–water partition coefficient (Wildman–Crippen LogP) is 2.61. The predicted molar refractivity (Wildman–Crippen MR) is 88.4 cm³/mol. The van der Waals surface area contributed by atoms with Gasteiger partial charge in [-0.15, -0.1) is 0 Å². The third-order valence-electron chi connectivity index (χ3n) is 3.94. The molecule has 0 spiro atoms. The number of aliphatic imine (C=N–C) groups is 1. The maximum Gasteiger partial charge on any atom is 0.191 e. The second-order valence-corrected chi connectivity index (χ2v) is 5.78. The van der Waals surface area contributed by atoms with Crippen LogP contribution in [-0.4, -0.2) is 49.6 Å². The molecule has 1 aliphatic heterocycles. The first kappa shape index (κ1) is 17.3. The third kappa shape index (κ3) is 7.13. The van der Waals surface area contributed by atoms with E-state index >= 15 is 0 Å². The molecule has 1 fully saturated rings. The van der Waals surface area contributed by atoms with E-state index in [9.17, 15) is 0 Å². The van der Waals surface area contributed by atoms with Crippen LogP contribution in [0, 0.1) is 0 Å². The minimum absolute atomic E-state index is 0.792. The van der Waals surface area contributed by atoms with Crippen molar-refractivity contribution in [3.8, 4) is 0 Å². The Kier molecular flexibility index (Phi) is 9.46. The van der Waals surface area contributed by atoms with Crippen molar-refractivity contribution in [3.63, 3.8) is 0 Å². The molecule has 0 bridgehead atoms. The van der Waals surface area contributed by atoms with Crippen LogP contribution in [0.25, 0.3) is 0 Å². The summed E-state index contributed by atoms with van der Waals surface area (Å²) < 4.78 is 0. The second-order valence-electron chi connectivity index (χ2n) is 5.78. The molecule has 20 heavy (non-hydrogen) atoms. The van der Waals surface area contributed by atoms with Crippen molar-refractivity contribution in [2.75, 3.05) is 32.7 Å². The van der Waals surface area contributed by atoms with Crippen molar-refractivity contribution in [3.05, 3.63) is 0 Å². The summed E-state index contributed by atoms with van der Waals surface area (Å²) in [5.74, 6) is 0.973. The van der Waals surface area contributed by atoms with E-state index in [0.29, 0.717) is 0 Å². The molecule has 2 N–H and O–H groups in total. The zero-order valence-electron chi connectivity index (χ0n) is 13.7. The summed E-state index contributed by atoms with van der Waals surface area (Å²) in [7, 11) is 0. The first-order valence-electron chi connectivity index (χ1n) is 8.54. The quantitative estimate of drug-likeness (QED) is 0.408. The summed E-state index contributed by atoms with van der Waals surface area (Å²) in [6, 6.07) is 0.792. The van der Waals surface area contributed by atoms with Crippen LogP contribution in [0.5, 0.6) is 0 Å². The number of likely N-dealkylation sites (tertiary alicyclic amines) is 1. The molecule has 1 saturated heterocycles. The summed E-state index contributed by atoms with van der Waals surface area (Å²) >= 11 is 0. The Morgan fingerprint density at radius 2 is 2.05 bits per heavy atom. The highest BCUT2D eigenvalue weighted by Gasteiger charge is 2.16. The fraction of sp³-hybridized carbons (Fsp3) is 0.938. The van der Waals surface area contributed by atoms with Gasteiger partial charge in [0.25, 0.3) is 0 Å². The van der Waals surface area contributed by atoms with Crippen LogP contribution >= 0.6 is 0 Å². The SMILES string of the molecule is CCCN=C(NCC)NCCCCN1CCCCC1C. The highest BCUT2D eigenvalue weighted by molar-refractivity contribution is 5.79. The molecule has 0 aromatic carbocycles. The normalized spacial score (nSPS) is 20.9. The number of hydrogen-bond donors (Lipinski definition) is 2. The number of unbranched alkanes of at least 4 members (excludes halogenated alkanes) is 1. The molecule has 1 rings (SSSR count). The van der Waals surface area contributed by atoms with Gasteiger partial charge in [0.05, 0.1) is 0 Å². The number of nitrogens with one attached hydrogen (secondary N) is 2. The van der Waals surface area contributed by atoms with Crippen molar-refractivity contribution >= 4 is 5.96 Å². The van der Waals surface area contributed by atoms with Gasteiger partial charge in [0.15, 0.2) is 5.96 Å². The summed E-state index contributed by atoms with van der Waals surface area (Å²) in [6.07, 6.45) is 7.79. The Labute approximate surface area is 125 Å². The van der Waals surface area contributed by atoms with E-state index in [1.54, 1.807) is 0 Å². The van der Waals surface area contributed by atoms with Gasteiger partial charge in [-0.1, -0.05) is 13.3 Å². The van der Waals surface area contributed by atoms with Crippen molar-refractivity contribution in [2.24, 2.45) is 4.99 Å². The lowest BCUT2D eigenvalue weighted by Crippen LogP contribution is -2.39. The molecule has 0 amide bonds. The van der Waals surface area contributed by atoms with Gasteiger partial charge in [0, 0.05) is 25.7 Å². The number of guanidine groups is 1. The molecule has 0 radical (unpaired) electrons. The molecule has 1 unspecified atom stereocenters. The largest absolute Gasteiger partial charge is 0.357 e. The molecule has 0 saturated carbocycles.